The number of carbonyl (C=O) groups is 5. The van der Waals surface area contributed by atoms with Crippen LogP contribution in [0.1, 0.15) is 128 Å². The molecule has 7 atom stereocenters. The van der Waals surface area contributed by atoms with Gasteiger partial charge in [0.2, 0.25) is 23.6 Å². The lowest BCUT2D eigenvalue weighted by Crippen LogP contribution is -2.62. The number of nitrogens with zero attached hydrogens (tertiary/aromatic N) is 2. The molecule has 0 unspecified atom stereocenters. The molecule has 0 aromatic heterocycles. The lowest BCUT2D eigenvalue weighted by Gasteiger charge is -2.38. The molecule has 14 nitrogen and oxygen atoms in total. The Bertz CT molecular complexity index is 1690. The van der Waals surface area contributed by atoms with Gasteiger partial charge >= 0.3 is 10.2 Å². The molecule has 55 heavy (non-hydrogen) atoms. The Balaban J connectivity index is 1.38. The Morgan fingerprint density at radius 2 is 1.49 bits per heavy atom. The quantitative estimate of drug-likeness (QED) is 0.187. The number of likely N-dealkylation sites (tertiary alicyclic amines) is 2. The maximum absolute atomic E-state index is 14.9. The summed E-state index contributed by atoms with van der Waals surface area (Å²) in [6.45, 7) is 25.6. The summed E-state index contributed by atoms with van der Waals surface area (Å²) in [4.78, 5) is 74.1. The topological polar surface area (TPSA) is 186 Å². The van der Waals surface area contributed by atoms with Gasteiger partial charge in [0.25, 0.3) is 5.91 Å². The number of amides is 5. The predicted molar refractivity (Wildman–Crippen MR) is 210 cm³/mol. The second-order valence-electron chi connectivity index (χ2n) is 20.0. The zero-order valence-corrected chi connectivity index (χ0v) is 35.8. The van der Waals surface area contributed by atoms with Crippen LogP contribution in [0.4, 0.5) is 0 Å². The molecule has 0 bridgehead atoms. The molecule has 3 aliphatic carbocycles. The summed E-state index contributed by atoms with van der Waals surface area (Å²) in [6.07, 6.45) is 7.76. The van der Waals surface area contributed by atoms with Gasteiger partial charge in [-0.25, -0.2) is 4.72 Å². The summed E-state index contributed by atoms with van der Waals surface area (Å²) in [5.74, 6) is -3.08. The molecule has 2 spiro atoms. The highest BCUT2D eigenvalue weighted by Crippen LogP contribution is 2.88. The van der Waals surface area contributed by atoms with Gasteiger partial charge in [0.15, 0.2) is 0 Å². The molecular formula is C40H67N7O7S. The minimum atomic E-state index is -4.26. The molecule has 2 aliphatic heterocycles. The molecule has 5 rings (SSSR count). The molecule has 5 N–H and O–H groups in total. The van der Waals surface area contributed by atoms with Crippen molar-refractivity contribution < 1.29 is 32.4 Å². The van der Waals surface area contributed by atoms with Gasteiger partial charge in [0.1, 0.15) is 23.7 Å². The monoisotopic (exact) mass is 789 g/mol. The van der Waals surface area contributed by atoms with Crippen LogP contribution in [-0.4, -0.2) is 102 Å². The van der Waals surface area contributed by atoms with E-state index in [2.05, 4.69) is 64.6 Å². The largest absolute Gasteiger partial charge is 0.343 e. The minimum absolute atomic E-state index is 0.0270. The third-order valence-electron chi connectivity index (χ3n) is 13.8. The first-order chi connectivity index (χ1) is 25.2. The predicted octanol–water partition coefficient (Wildman–Crippen LogP) is 2.89. The first-order valence-electron chi connectivity index (χ1n) is 20.2. The Hall–Kier alpha value is -3.04. The van der Waals surface area contributed by atoms with Crippen LogP contribution in [0.3, 0.4) is 0 Å². The number of hydrogen-bond donors (Lipinski definition) is 5. The molecular weight excluding hydrogens is 723 g/mol. The van der Waals surface area contributed by atoms with E-state index >= 15 is 0 Å². The number of piperidine rings is 1. The van der Waals surface area contributed by atoms with E-state index in [-0.39, 0.29) is 40.7 Å². The van der Waals surface area contributed by atoms with Crippen LogP contribution < -0.4 is 25.4 Å². The Kier molecular flexibility index (Phi) is 11.3. The number of hydrogen-bond acceptors (Lipinski definition) is 8. The lowest BCUT2D eigenvalue weighted by molar-refractivity contribution is -0.145. The molecule has 3 saturated carbocycles. The maximum atomic E-state index is 14.9. The molecule has 5 amide bonds. The fraction of sp³-hybridized carbons (Fsp3) is 0.825. The van der Waals surface area contributed by atoms with Crippen molar-refractivity contribution in [1.82, 2.24) is 35.2 Å². The number of carbonyl (C=O) groups excluding carboxylic acids is 5. The second kappa shape index (κ2) is 14.4. The maximum Gasteiger partial charge on any atom is 0.301 e. The number of nitrogens with one attached hydrogen (secondary N) is 5. The second-order valence-corrected chi connectivity index (χ2v) is 21.4. The van der Waals surface area contributed by atoms with E-state index in [4.69, 9.17) is 0 Å². The number of fused-ring (bicyclic) bond motifs is 1. The zero-order chi connectivity index (χ0) is 41.3. The van der Waals surface area contributed by atoms with E-state index in [9.17, 15) is 32.4 Å². The van der Waals surface area contributed by atoms with Gasteiger partial charge in [-0.05, 0) is 103 Å². The van der Waals surface area contributed by atoms with Gasteiger partial charge in [-0.1, -0.05) is 53.5 Å². The fourth-order valence-electron chi connectivity index (χ4n) is 10.4. The van der Waals surface area contributed by atoms with E-state index in [1.54, 1.807) is 32.6 Å². The zero-order valence-electron chi connectivity index (χ0n) is 35.0. The van der Waals surface area contributed by atoms with Gasteiger partial charge in [-0.2, -0.15) is 13.1 Å². The molecule has 2 saturated heterocycles. The molecule has 5 fully saturated rings. The Labute approximate surface area is 328 Å². The lowest BCUT2D eigenvalue weighted by atomic mass is 9.73. The van der Waals surface area contributed by atoms with Crippen molar-refractivity contribution >= 4 is 39.7 Å². The smallest absolute Gasteiger partial charge is 0.301 e. The summed E-state index contributed by atoms with van der Waals surface area (Å²) in [5, 5.41) is 8.73. The summed E-state index contributed by atoms with van der Waals surface area (Å²) in [6, 6.07) is -3.09. The van der Waals surface area contributed by atoms with Gasteiger partial charge in [-0.15, -0.1) is 6.58 Å². The van der Waals surface area contributed by atoms with E-state index in [0.29, 0.717) is 19.4 Å². The van der Waals surface area contributed by atoms with E-state index in [1.807, 2.05) is 20.8 Å². The van der Waals surface area contributed by atoms with Gasteiger partial charge < -0.3 is 20.9 Å². The van der Waals surface area contributed by atoms with Crippen LogP contribution in [0.25, 0.3) is 0 Å². The molecule has 0 radical (unpaired) electrons. The Morgan fingerprint density at radius 3 is 1.98 bits per heavy atom. The van der Waals surface area contributed by atoms with E-state index in [0.717, 1.165) is 38.6 Å². The molecule has 2 heterocycles. The van der Waals surface area contributed by atoms with Gasteiger partial charge in [0.05, 0.1) is 6.04 Å². The highest BCUT2D eigenvalue weighted by Gasteiger charge is 2.85. The molecule has 0 aromatic rings. The van der Waals surface area contributed by atoms with Gasteiger partial charge in [0, 0.05) is 29.5 Å². The van der Waals surface area contributed by atoms with Crippen molar-refractivity contribution in [2.24, 2.45) is 27.6 Å². The third-order valence-corrected chi connectivity index (χ3v) is 15.1. The SMILES string of the molecule is C=C[C@@H]1C[C@]1(NC(=O)[C@@H]1C[C@@]2(CN1C(=O)[C@@H](NC(=O)[C@H](C)NC(=O)[C@@H]1CCCCN1C(C)C)C(C)(C)C)C(C)(C)C21CCC1)C(=O)NS(=O)(=O)NC(C)(C)C. The average Bonchev–Trinajstić information content (AvgIpc) is 3.76. The van der Waals surface area contributed by atoms with Crippen molar-refractivity contribution in [2.75, 3.05) is 13.1 Å². The van der Waals surface area contributed by atoms with Crippen molar-refractivity contribution in [3.63, 3.8) is 0 Å². The highest BCUT2D eigenvalue weighted by atomic mass is 32.2. The number of rotatable bonds is 12. The first-order valence-corrected chi connectivity index (χ1v) is 21.7. The van der Waals surface area contributed by atoms with Crippen molar-refractivity contribution in [2.45, 2.75) is 169 Å². The van der Waals surface area contributed by atoms with Crippen LogP contribution in [0, 0.1) is 27.6 Å². The molecule has 310 valence electrons. The average molecular weight is 790 g/mol. The van der Waals surface area contributed by atoms with Crippen molar-refractivity contribution in [3.05, 3.63) is 12.7 Å². The van der Waals surface area contributed by atoms with Crippen molar-refractivity contribution in [1.29, 1.82) is 0 Å². The van der Waals surface area contributed by atoms with Crippen molar-refractivity contribution in [3.8, 4) is 0 Å². The minimum Gasteiger partial charge on any atom is -0.343 e. The summed E-state index contributed by atoms with van der Waals surface area (Å²) >= 11 is 0. The van der Waals surface area contributed by atoms with Crippen LogP contribution in [0.2, 0.25) is 0 Å². The first kappa shape index (κ1) is 43.1. The standard InChI is InChI=1S/C40H67N7O7S/c1-13-26-21-40(26,34(52)44-55(53,54)45-36(8,9)10)43-32(50)28-22-39(37(11,12)38(39)18-16-19-38)23-47(28)33(51)29(35(5,6)7)42-30(48)25(4)41-31(49)27-17-14-15-20-46(27)24(2)3/h13,24-29,45H,1,14-23H2,2-12H3,(H,41,49)(H,42,48)(H,43,50)(H,44,52)/t25-,26+,27-,28-,29+,39+,40+/m0/s1. The summed E-state index contributed by atoms with van der Waals surface area (Å²) < 4.78 is 30.3. The Morgan fingerprint density at radius 1 is 0.855 bits per heavy atom. The fourth-order valence-corrected chi connectivity index (χ4v) is 11.6. The van der Waals surface area contributed by atoms with E-state index in [1.165, 1.54) is 6.08 Å². The van der Waals surface area contributed by atoms with Crippen LogP contribution >= 0.6 is 0 Å². The van der Waals surface area contributed by atoms with Crippen LogP contribution in [0.15, 0.2) is 12.7 Å². The summed E-state index contributed by atoms with van der Waals surface area (Å²) in [5.41, 5.74) is -3.72. The third kappa shape index (κ3) is 7.70. The van der Waals surface area contributed by atoms with Gasteiger partial charge in [-0.3, -0.25) is 28.9 Å². The van der Waals surface area contributed by atoms with Crippen LogP contribution in [0.5, 0.6) is 0 Å². The highest BCUT2D eigenvalue weighted by molar-refractivity contribution is 7.88. The summed E-state index contributed by atoms with van der Waals surface area (Å²) in [7, 11) is -4.26. The van der Waals surface area contributed by atoms with E-state index < -0.39 is 74.4 Å². The molecule has 0 aromatic carbocycles. The van der Waals surface area contributed by atoms with Crippen LogP contribution in [-0.2, 0) is 34.2 Å². The molecule has 5 aliphatic rings. The molecule has 15 heteroatoms. The normalized spacial score (nSPS) is 30.9.